The monoisotopic (exact) mass is 221 g/mol. The van der Waals surface area contributed by atoms with Gasteiger partial charge in [-0.25, -0.2) is 0 Å². The third-order valence-electron chi connectivity index (χ3n) is 3.10. The van der Waals surface area contributed by atoms with Gasteiger partial charge in [0, 0.05) is 25.3 Å². The normalized spacial score (nSPS) is 19.6. The Labute approximate surface area is 96.4 Å². The number of benzene rings is 1. The molecule has 3 heteroatoms. The Hall–Kier alpha value is -1.06. The van der Waals surface area contributed by atoms with Crippen LogP contribution in [0.25, 0.3) is 0 Å². The maximum Gasteiger partial charge on any atom is 0.115 e. The Morgan fingerprint density at radius 1 is 1.25 bits per heavy atom. The Kier molecular flexibility index (Phi) is 3.80. The second-order valence-electron chi connectivity index (χ2n) is 4.37. The van der Waals surface area contributed by atoms with Crippen LogP contribution in [0.1, 0.15) is 31.4 Å². The number of hydrogen-bond acceptors (Lipinski definition) is 3. The standard InChI is InChI=1S/C13H19NO2/c1-10(11-2-4-13(15)5-3-11)14-12-6-8-16-9-7-12/h2-5,10,12,14-15H,6-9H2,1H3. The molecule has 0 aromatic heterocycles. The summed E-state index contributed by atoms with van der Waals surface area (Å²) in [4.78, 5) is 0. The predicted molar refractivity (Wildman–Crippen MR) is 63.5 cm³/mol. The number of rotatable bonds is 3. The molecule has 1 atom stereocenters. The number of aromatic hydroxyl groups is 1. The van der Waals surface area contributed by atoms with E-state index in [1.54, 1.807) is 12.1 Å². The average Bonchev–Trinajstić information content (AvgIpc) is 2.31. The molecule has 0 amide bonds. The molecule has 0 spiro atoms. The van der Waals surface area contributed by atoms with Gasteiger partial charge in [-0.3, -0.25) is 0 Å². The minimum Gasteiger partial charge on any atom is -0.508 e. The zero-order valence-corrected chi connectivity index (χ0v) is 9.65. The molecular formula is C13H19NO2. The summed E-state index contributed by atoms with van der Waals surface area (Å²) in [5.41, 5.74) is 1.21. The van der Waals surface area contributed by atoms with Crippen molar-refractivity contribution in [2.24, 2.45) is 0 Å². The number of phenols is 1. The van der Waals surface area contributed by atoms with E-state index in [4.69, 9.17) is 4.74 Å². The second kappa shape index (κ2) is 5.32. The van der Waals surface area contributed by atoms with E-state index in [1.807, 2.05) is 12.1 Å². The van der Waals surface area contributed by atoms with Crippen molar-refractivity contribution in [1.82, 2.24) is 5.32 Å². The average molecular weight is 221 g/mol. The fourth-order valence-corrected chi connectivity index (χ4v) is 2.08. The summed E-state index contributed by atoms with van der Waals surface area (Å²) in [6.07, 6.45) is 2.17. The van der Waals surface area contributed by atoms with Crippen molar-refractivity contribution in [3.05, 3.63) is 29.8 Å². The van der Waals surface area contributed by atoms with Crippen molar-refractivity contribution in [2.45, 2.75) is 31.8 Å². The first-order valence-electron chi connectivity index (χ1n) is 5.88. The summed E-state index contributed by atoms with van der Waals surface area (Å²) in [6, 6.07) is 8.27. The van der Waals surface area contributed by atoms with Gasteiger partial charge in [0.2, 0.25) is 0 Å². The van der Waals surface area contributed by atoms with Gasteiger partial charge < -0.3 is 15.2 Å². The topological polar surface area (TPSA) is 41.5 Å². The molecule has 0 aliphatic carbocycles. The molecule has 0 radical (unpaired) electrons. The predicted octanol–water partition coefficient (Wildman–Crippen LogP) is 2.22. The molecule has 1 fully saturated rings. The van der Waals surface area contributed by atoms with Crippen LogP contribution in [0.15, 0.2) is 24.3 Å². The Morgan fingerprint density at radius 2 is 1.88 bits per heavy atom. The molecule has 2 rings (SSSR count). The third kappa shape index (κ3) is 2.97. The zero-order valence-electron chi connectivity index (χ0n) is 9.65. The first kappa shape index (κ1) is 11.4. The van der Waals surface area contributed by atoms with Crippen molar-refractivity contribution in [1.29, 1.82) is 0 Å². The van der Waals surface area contributed by atoms with Gasteiger partial charge in [-0.05, 0) is 37.5 Å². The number of nitrogens with one attached hydrogen (secondary N) is 1. The van der Waals surface area contributed by atoms with Gasteiger partial charge in [0.1, 0.15) is 5.75 Å². The lowest BCUT2D eigenvalue weighted by atomic mass is 10.0. The maximum atomic E-state index is 9.22. The van der Waals surface area contributed by atoms with Crippen LogP contribution < -0.4 is 5.32 Å². The fourth-order valence-electron chi connectivity index (χ4n) is 2.08. The highest BCUT2D eigenvalue weighted by molar-refractivity contribution is 5.27. The molecule has 1 heterocycles. The van der Waals surface area contributed by atoms with E-state index in [0.29, 0.717) is 17.8 Å². The molecule has 2 N–H and O–H groups in total. The summed E-state index contributed by atoms with van der Waals surface area (Å²) < 4.78 is 5.33. The molecule has 0 saturated carbocycles. The highest BCUT2D eigenvalue weighted by atomic mass is 16.5. The molecule has 1 aromatic rings. The van der Waals surface area contributed by atoms with Gasteiger partial charge in [0.25, 0.3) is 0 Å². The van der Waals surface area contributed by atoms with E-state index in [9.17, 15) is 5.11 Å². The van der Waals surface area contributed by atoms with Crippen LogP contribution in [-0.4, -0.2) is 24.4 Å². The van der Waals surface area contributed by atoms with Crippen molar-refractivity contribution in [2.75, 3.05) is 13.2 Å². The maximum absolute atomic E-state index is 9.22. The van der Waals surface area contributed by atoms with Crippen LogP contribution in [-0.2, 0) is 4.74 Å². The van der Waals surface area contributed by atoms with E-state index in [-0.39, 0.29) is 0 Å². The van der Waals surface area contributed by atoms with Gasteiger partial charge in [-0.1, -0.05) is 12.1 Å². The highest BCUT2D eigenvalue weighted by Crippen LogP contribution is 2.18. The van der Waals surface area contributed by atoms with Crippen molar-refractivity contribution in [3.8, 4) is 5.75 Å². The van der Waals surface area contributed by atoms with Crippen LogP contribution in [0.2, 0.25) is 0 Å². The van der Waals surface area contributed by atoms with Gasteiger partial charge in [0.15, 0.2) is 0 Å². The first-order chi connectivity index (χ1) is 7.75. The lowest BCUT2D eigenvalue weighted by Gasteiger charge is -2.27. The Bertz CT molecular complexity index is 317. The molecule has 1 aliphatic heterocycles. The summed E-state index contributed by atoms with van der Waals surface area (Å²) in [7, 11) is 0. The molecule has 88 valence electrons. The van der Waals surface area contributed by atoms with Gasteiger partial charge >= 0.3 is 0 Å². The number of phenolic OH excluding ortho intramolecular Hbond substituents is 1. The molecule has 3 nitrogen and oxygen atoms in total. The highest BCUT2D eigenvalue weighted by Gasteiger charge is 2.16. The first-order valence-corrected chi connectivity index (χ1v) is 5.88. The summed E-state index contributed by atoms with van der Waals surface area (Å²) in [5, 5.41) is 12.8. The van der Waals surface area contributed by atoms with Crippen LogP contribution in [0.5, 0.6) is 5.75 Å². The summed E-state index contributed by atoms with van der Waals surface area (Å²) in [6.45, 7) is 3.88. The van der Waals surface area contributed by atoms with Gasteiger partial charge in [-0.15, -0.1) is 0 Å². The molecule has 0 bridgehead atoms. The van der Waals surface area contributed by atoms with E-state index in [2.05, 4.69) is 12.2 Å². The van der Waals surface area contributed by atoms with E-state index in [1.165, 1.54) is 5.56 Å². The third-order valence-corrected chi connectivity index (χ3v) is 3.10. The number of ether oxygens (including phenoxy) is 1. The largest absolute Gasteiger partial charge is 0.508 e. The molecule has 1 saturated heterocycles. The molecule has 16 heavy (non-hydrogen) atoms. The van der Waals surface area contributed by atoms with Crippen molar-refractivity contribution >= 4 is 0 Å². The number of hydrogen-bond donors (Lipinski definition) is 2. The van der Waals surface area contributed by atoms with E-state index < -0.39 is 0 Å². The molecule has 1 unspecified atom stereocenters. The lowest BCUT2D eigenvalue weighted by Crippen LogP contribution is -2.36. The van der Waals surface area contributed by atoms with Crippen molar-refractivity contribution in [3.63, 3.8) is 0 Å². The molecular weight excluding hydrogens is 202 g/mol. The minimum atomic E-state index is 0.321. The summed E-state index contributed by atoms with van der Waals surface area (Å²) >= 11 is 0. The lowest BCUT2D eigenvalue weighted by molar-refractivity contribution is 0.0754. The van der Waals surface area contributed by atoms with Crippen LogP contribution in [0.3, 0.4) is 0 Å². The fraction of sp³-hybridized carbons (Fsp3) is 0.538. The van der Waals surface area contributed by atoms with Gasteiger partial charge in [0.05, 0.1) is 0 Å². The van der Waals surface area contributed by atoms with Crippen LogP contribution in [0.4, 0.5) is 0 Å². The SMILES string of the molecule is CC(NC1CCOCC1)c1ccc(O)cc1. The Balaban J connectivity index is 1.91. The zero-order chi connectivity index (χ0) is 11.4. The quantitative estimate of drug-likeness (QED) is 0.822. The molecule has 1 aromatic carbocycles. The smallest absolute Gasteiger partial charge is 0.115 e. The summed E-state index contributed by atoms with van der Waals surface area (Å²) in [5.74, 6) is 0.321. The van der Waals surface area contributed by atoms with Gasteiger partial charge in [-0.2, -0.15) is 0 Å². The van der Waals surface area contributed by atoms with E-state index >= 15 is 0 Å². The second-order valence-corrected chi connectivity index (χ2v) is 4.37. The minimum absolute atomic E-state index is 0.321. The Morgan fingerprint density at radius 3 is 2.50 bits per heavy atom. The van der Waals surface area contributed by atoms with E-state index in [0.717, 1.165) is 26.1 Å². The molecule has 1 aliphatic rings. The van der Waals surface area contributed by atoms with Crippen LogP contribution in [0, 0.1) is 0 Å². The van der Waals surface area contributed by atoms with Crippen molar-refractivity contribution < 1.29 is 9.84 Å². The van der Waals surface area contributed by atoms with Crippen LogP contribution >= 0.6 is 0 Å².